The molecule has 70 valence electrons. The predicted octanol–water partition coefficient (Wildman–Crippen LogP) is 2.23. The largest absolute Gasteiger partial charge is 0.508 e. The predicted molar refractivity (Wildman–Crippen MR) is 54.8 cm³/mol. The maximum absolute atomic E-state index is 9.01. The van der Waals surface area contributed by atoms with Crippen LogP contribution < -0.4 is 5.32 Å². The summed E-state index contributed by atoms with van der Waals surface area (Å²) in [6.45, 7) is 4.89. The summed E-state index contributed by atoms with van der Waals surface area (Å²) in [5, 5.41) is 12.7. The van der Waals surface area contributed by atoms with Crippen molar-refractivity contribution in [2.24, 2.45) is 0 Å². The lowest BCUT2D eigenvalue weighted by molar-refractivity contribution is 0.475. The summed E-state index contributed by atoms with van der Waals surface area (Å²) in [4.78, 5) is 0. The smallest absolute Gasteiger partial charge is 0.115 e. The zero-order chi connectivity index (χ0) is 9.68. The van der Waals surface area contributed by atoms with E-state index in [9.17, 15) is 0 Å². The van der Waals surface area contributed by atoms with Gasteiger partial charge in [0, 0.05) is 18.1 Å². The summed E-state index contributed by atoms with van der Waals surface area (Å²) in [6, 6.07) is 7.04. The molecule has 0 aliphatic rings. The van der Waals surface area contributed by atoms with Gasteiger partial charge in [-0.15, -0.1) is 0 Å². The number of halogens is 1. The summed E-state index contributed by atoms with van der Waals surface area (Å²) in [5.41, 5.74) is 1.11. The Morgan fingerprint density at radius 2 is 2.00 bits per heavy atom. The molecule has 0 aliphatic heterocycles. The van der Waals surface area contributed by atoms with Crippen LogP contribution in [0.4, 0.5) is 0 Å². The molecule has 0 saturated carbocycles. The summed E-state index contributed by atoms with van der Waals surface area (Å²) in [6.07, 6.45) is 0. The highest BCUT2D eigenvalue weighted by atomic mass is 35.5. The normalized spacial score (nSPS) is 9.92. The zero-order valence-electron chi connectivity index (χ0n) is 7.26. The molecule has 0 atom stereocenters. The Balaban J connectivity index is 2.37. The summed E-state index contributed by atoms with van der Waals surface area (Å²) in [7, 11) is 0. The van der Waals surface area contributed by atoms with Crippen molar-refractivity contribution in [2.45, 2.75) is 6.54 Å². The van der Waals surface area contributed by atoms with E-state index in [0.717, 1.165) is 12.1 Å². The van der Waals surface area contributed by atoms with Crippen LogP contribution in [0.5, 0.6) is 5.75 Å². The van der Waals surface area contributed by atoms with Gasteiger partial charge in [-0.05, 0) is 17.7 Å². The lowest BCUT2D eigenvalue weighted by atomic mass is 10.2. The SMILES string of the molecule is C=C(Cl)CNCc1ccc(O)cc1. The molecule has 0 unspecified atom stereocenters. The first kappa shape index (κ1) is 10.1. The molecule has 1 rings (SSSR count). The Hall–Kier alpha value is -0.990. The van der Waals surface area contributed by atoms with Crippen LogP contribution in [0.25, 0.3) is 0 Å². The first-order valence-corrected chi connectivity index (χ1v) is 4.38. The standard InChI is InChI=1S/C10H12ClNO/c1-8(11)6-12-7-9-2-4-10(13)5-3-9/h2-5,12-13H,1,6-7H2. The van der Waals surface area contributed by atoms with E-state index < -0.39 is 0 Å². The molecule has 0 radical (unpaired) electrons. The average Bonchev–Trinajstić information content (AvgIpc) is 2.08. The Labute approximate surface area is 82.8 Å². The van der Waals surface area contributed by atoms with Gasteiger partial charge in [0.15, 0.2) is 0 Å². The minimum atomic E-state index is 0.283. The molecule has 1 aromatic rings. The third-order valence-corrected chi connectivity index (χ3v) is 1.72. The first-order chi connectivity index (χ1) is 6.18. The molecule has 2 nitrogen and oxygen atoms in total. The van der Waals surface area contributed by atoms with Crippen LogP contribution >= 0.6 is 11.6 Å². The Kier molecular flexibility index (Phi) is 3.80. The van der Waals surface area contributed by atoms with Crippen molar-refractivity contribution in [3.8, 4) is 5.75 Å². The average molecular weight is 198 g/mol. The molecule has 0 aliphatic carbocycles. The van der Waals surface area contributed by atoms with E-state index in [0.29, 0.717) is 11.6 Å². The van der Waals surface area contributed by atoms with E-state index in [-0.39, 0.29) is 5.75 Å². The molecule has 13 heavy (non-hydrogen) atoms. The van der Waals surface area contributed by atoms with E-state index in [2.05, 4.69) is 11.9 Å². The highest BCUT2D eigenvalue weighted by molar-refractivity contribution is 6.29. The fourth-order valence-corrected chi connectivity index (χ4v) is 1.05. The molecular weight excluding hydrogens is 186 g/mol. The van der Waals surface area contributed by atoms with Gasteiger partial charge >= 0.3 is 0 Å². The minimum Gasteiger partial charge on any atom is -0.508 e. The molecular formula is C10H12ClNO. The molecule has 0 saturated heterocycles. The van der Waals surface area contributed by atoms with Gasteiger partial charge in [-0.25, -0.2) is 0 Å². The number of benzene rings is 1. The van der Waals surface area contributed by atoms with E-state index >= 15 is 0 Å². The van der Waals surface area contributed by atoms with Crippen molar-refractivity contribution in [1.29, 1.82) is 0 Å². The van der Waals surface area contributed by atoms with Gasteiger partial charge in [0.05, 0.1) is 0 Å². The molecule has 3 heteroatoms. The van der Waals surface area contributed by atoms with Gasteiger partial charge in [0.2, 0.25) is 0 Å². The van der Waals surface area contributed by atoms with Crippen LogP contribution in [0.15, 0.2) is 35.9 Å². The Morgan fingerprint density at radius 1 is 1.38 bits per heavy atom. The second-order valence-corrected chi connectivity index (χ2v) is 3.32. The number of aromatic hydroxyl groups is 1. The number of hydrogen-bond acceptors (Lipinski definition) is 2. The zero-order valence-corrected chi connectivity index (χ0v) is 8.01. The monoisotopic (exact) mass is 197 g/mol. The molecule has 2 N–H and O–H groups in total. The van der Waals surface area contributed by atoms with Gasteiger partial charge < -0.3 is 10.4 Å². The van der Waals surface area contributed by atoms with Crippen LogP contribution in [0, 0.1) is 0 Å². The van der Waals surface area contributed by atoms with Gasteiger partial charge in [0.25, 0.3) is 0 Å². The number of hydrogen-bond donors (Lipinski definition) is 2. The van der Waals surface area contributed by atoms with E-state index in [1.54, 1.807) is 12.1 Å². The second kappa shape index (κ2) is 4.90. The fraction of sp³-hybridized carbons (Fsp3) is 0.200. The van der Waals surface area contributed by atoms with Gasteiger partial charge in [-0.1, -0.05) is 30.3 Å². The van der Waals surface area contributed by atoms with Crippen LogP contribution in [0.1, 0.15) is 5.56 Å². The molecule has 0 heterocycles. The maximum atomic E-state index is 9.01. The molecule has 0 spiro atoms. The maximum Gasteiger partial charge on any atom is 0.115 e. The van der Waals surface area contributed by atoms with Crippen molar-refractivity contribution in [3.63, 3.8) is 0 Å². The molecule has 0 fully saturated rings. The van der Waals surface area contributed by atoms with Crippen molar-refractivity contribution in [1.82, 2.24) is 5.32 Å². The van der Waals surface area contributed by atoms with Crippen LogP contribution in [-0.2, 0) is 6.54 Å². The number of rotatable bonds is 4. The molecule has 0 aromatic heterocycles. The lowest BCUT2D eigenvalue weighted by Gasteiger charge is -2.03. The van der Waals surface area contributed by atoms with E-state index in [4.69, 9.17) is 16.7 Å². The third-order valence-electron chi connectivity index (χ3n) is 1.58. The molecule has 1 aromatic carbocycles. The van der Waals surface area contributed by atoms with Crippen molar-refractivity contribution in [3.05, 3.63) is 41.4 Å². The topological polar surface area (TPSA) is 32.3 Å². The summed E-state index contributed by atoms with van der Waals surface area (Å²) >= 11 is 5.57. The number of nitrogens with one attached hydrogen (secondary N) is 1. The van der Waals surface area contributed by atoms with Crippen LogP contribution in [-0.4, -0.2) is 11.7 Å². The van der Waals surface area contributed by atoms with Crippen molar-refractivity contribution in [2.75, 3.05) is 6.54 Å². The first-order valence-electron chi connectivity index (χ1n) is 4.00. The van der Waals surface area contributed by atoms with E-state index in [1.165, 1.54) is 0 Å². The highest BCUT2D eigenvalue weighted by Crippen LogP contribution is 2.09. The Bertz CT molecular complexity index is 281. The molecule has 0 amide bonds. The fourth-order valence-electron chi connectivity index (χ4n) is 0.956. The quantitative estimate of drug-likeness (QED) is 0.776. The highest BCUT2D eigenvalue weighted by Gasteiger charge is 1.93. The molecule has 0 bridgehead atoms. The van der Waals surface area contributed by atoms with Gasteiger partial charge in [0.1, 0.15) is 5.75 Å². The van der Waals surface area contributed by atoms with E-state index in [1.807, 2.05) is 12.1 Å². The van der Waals surface area contributed by atoms with Crippen molar-refractivity contribution < 1.29 is 5.11 Å². The lowest BCUT2D eigenvalue weighted by Crippen LogP contribution is -2.14. The second-order valence-electron chi connectivity index (χ2n) is 2.79. The van der Waals surface area contributed by atoms with Crippen LogP contribution in [0.2, 0.25) is 0 Å². The minimum absolute atomic E-state index is 0.283. The summed E-state index contributed by atoms with van der Waals surface area (Å²) < 4.78 is 0. The number of phenols is 1. The summed E-state index contributed by atoms with van der Waals surface area (Å²) in [5.74, 6) is 0.283. The van der Waals surface area contributed by atoms with Gasteiger partial charge in [-0.2, -0.15) is 0 Å². The van der Waals surface area contributed by atoms with Crippen molar-refractivity contribution >= 4 is 11.6 Å². The third kappa shape index (κ3) is 3.97. The Morgan fingerprint density at radius 3 is 2.54 bits per heavy atom. The number of phenolic OH excluding ortho intramolecular Hbond substituents is 1. The van der Waals surface area contributed by atoms with Crippen LogP contribution in [0.3, 0.4) is 0 Å². The van der Waals surface area contributed by atoms with Gasteiger partial charge in [-0.3, -0.25) is 0 Å².